The average molecular weight is 276 g/mol. The third kappa shape index (κ3) is 3.16. The van der Waals surface area contributed by atoms with Crippen molar-refractivity contribution in [1.82, 2.24) is 4.98 Å². The van der Waals surface area contributed by atoms with Crippen molar-refractivity contribution in [2.24, 2.45) is 0 Å². The van der Waals surface area contributed by atoms with Crippen LogP contribution in [0.3, 0.4) is 0 Å². The summed E-state index contributed by atoms with van der Waals surface area (Å²) < 4.78 is 30.0. The second-order valence-electron chi connectivity index (χ2n) is 4.15. The molecule has 0 unspecified atom stereocenters. The highest BCUT2D eigenvalue weighted by atomic mass is 32.1. The van der Waals surface area contributed by atoms with Gasteiger partial charge in [-0.25, -0.2) is 13.8 Å². The molecule has 0 aromatic carbocycles. The molecule has 0 aliphatic carbocycles. The second-order valence-corrected chi connectivity index (χ2v) is 4.99. The van der Waals surface area contributed by atoms with E-state index in [-0.39, 0.29) is 17.8 Å². The van der Waals surface area contributed by atoms with Crippen molar-refractivity contribution in [1.29, 1.82) is 0 Å². The van der Waals surface area contributed by atoms with E-state index < -0.39 is 6.43 Å². The van der Waals surface area contributed by atoms with Crippen LogP contribution in [0.5, 0.6) is 0 Å². The van der Waals surface area contributed by atoms with Crippen molar-refractivity contribution in [3.05, 3.63) is 11.1 Å². The summed E-state index contributed by atoms with van der Waals surface area (Å²) in [6, 6.07) is 0. The number of rotatable bonds is 3. The molecule has 0 N–H and O–H groups in total. The number of esters is 1. The Morgan fingerprint density at radius 1 is 1.56 bits per heavy atom. The molecule has 0 saturated carbocycles. The van der Waals surface area contributed by atoms with Crippen molar-refractivity contribution < 1.29 is 18.3 Å². The largest absolute Gasteiger partial charge is 0.462 e. The second kappa shape index (κ2) is 5.60. The van der Waals surface area contributed by atoms with Gasteiger partial charge in [-0.2, -0.15) is 0 Å². The Kier molecular flexibility index (Phi) is 4.11. The van der Waals surface area contributed by atoms with Gasteiger partial charge in [0.15, 0.2) is 5.13 Å². The fraction of sp³-hybridized carbons (Fsp3) is 0.636. The predicted molar refractivity (Wildman–Crippen MR) is 64.1 cm³/mol. The SMILES string of the molecule is CC(=O)OC1CCN(c2nc(C(F)F)cs2)CC1. The minimum Gasteiger partial charge on any atom is -0.462 e. The molecule has 2 heterocycles. The Hall–Kier alpha value is -1.24. The quantitative estimate of drug-likeness (QED) is 0.796. The van der Waals surface area contributed by atoms with Crippen molar-refractivity contribution in [3.63, 3.8) is 0 Å². The zero-order valence-corrected chi connectivity index (χ0v) is 10.8. The fourth-order valence-corrected chi connectivity index (χ4v) is 2.79. The molecule has 0 atom stereocenters. The molecule has 100 valence electrons. The molecule has 2 rings (SSSR count). The maximum Gasteiger partial charge on any atom is 0.302 e. The van der Waals surface area contributed by atoms with Gasteiger partial charge in [0.25, 0.3) is 6.43 Å². The number of alkyl halides is 2. The monoisotopic (exact) mass is 276 g/mol. The van der Waals surface area contributed by atoms with Crippen LogP contribution in [0, 0.1) is 0 Å². The lowest BCUT2D eigenvalue weighted by atomic mass is 10.1. The first-order chi connectivity index (χ1) is 8.56. The number of thiazole rings is 1. The number of hydrogen-bond acceptors (Lipinski definition) is 5. The Bertz CT molecular complexity index is 417. The van der Waals surface area contributed by atoms with Gasteiger partial charge in [-0.05, 0) is 0 Å². The van der Waals surface area contributed by atoms with Crippen LogP contribution in [0.15, 0.2) is 5.38 Å². The average Bonchev–Trinajstić information content (AvgIpc) is 2.78. The van der Waals surface area contributed by atoms with Crippen LogP contribution in [0.4, 0.5) is 13.9 Å². The summed E-state index contributed by atoms with van der Waals surface area (Å²) in [5, 5.41) is 2.00. The molecule has 0 bridgehead atoms. The molecular weight excluding hydrogens is 262 g/mol. The summed E-state index contributed by atoms with van der Waals surface area (Å²) in [5.74, 6) is -0.275. The number of ether oxygens (including phenoxy) is 1. The number of halogens is 2. The van der Waals surface area contributed by atoms with Crippen molar-refractivity contribution in [2.75, 3.05) is 18.0 Å². The molecule has 1 aromatic heterocycles. The standard InChI is InChI=1S/C11H14F2N2O2S/c1-7(16)17-8-2-4-15(5-3-8)11-14-9(6-18-11)10(12)13/h6,8,10H,2-5H2,1H3. The van der Waals surface area contributed by atoms with Gasteiger partial charge in [0.05, 0.1) is 0 Å². The molecule has 1 fully saturated rings. The maximum atomic E-state index is 12.4. The van der Waals surface area contributed by atoms with Gasteiger partial charge < -0.3 is 9.64 Å². The molecule has 18 heavy (non-hydrogen) atoms. The maximum absolute atomic E-state index is 12.4. The topological polar surface area (TPSA) is 42.4 Å². The van der Waals surface area contributed by atoms with E-state index in [2.05, 4.69) is 4.98 Å². The lowest BCUT2D eigenvalue weighted by molar-refractivity contribution is -0.147. The molecule has 0 amide bonds. The van der Waals surface area contributed by atoms with Gasteiger partial charge in [-0.15, -0.1) is 11.3 Å². The van der Waals surface area contributed by atoms with E-state index in [4.69, 9.17) is 4.74 Å². The van der Waals surface area contributed by atoms with Crippen molar-refractivity contribution in [3.8, 4) is 0 Å². The lowest BCUT2D eigenvalue weighted by Crippen LogP contribution is -2.37. The molecule has 1 aliphatic heterocycles. The number of hydrogen-bond donors (Lipinski definition) is 0. The Balaban J connectivity index is 1.90. The Morgan fingerprint density at radius 3 is 2.72 bits per heavy atom. The lowest BCUT2D eigenvalue weighted by Gasteiger charge is -2.31. The van der Waals surface area contributed by atoms with Gasteiger partial charge in [-0.3, -0.25) is 4.79 Å². The first-order valence-corrected chi connectivity index (χ1v) is 6.60. The normalized spacial score (nSPS) is 17.2. The molecule has 0 radical (unpaired) electrons. The van der Waals surface area contributed by atoms with Crippen LogP contribution in [-0.4, -0.2) is 30.1 Å². The van der Waals surface area contributed by atoms with E-state index in [1.807, 2.05) is 4.90 Å². The number of anilines is 1. The third-order valence-corrected chi connectivity index (χ3v) is 3.70. The molecule has 1 aliphatic rings. The zero-order valence-electron chi connectivity index (χ0n) is 9.94. The summed E-state index contributed by atoms with van der Waals surface area (Å²) in [6.45, 7) is 2.74. The van der Waals surface area contributed by atoms with Gasteiger partial charge in [0.1, 0.15) is 11.8 Å². The number of piperidine rings is 1. The van der Waals surface area contributed by atoms with Crippen molar-refractivity contribution >= 4 is 22.4 Å². The minimum absolute atomic E-state index is 0.0618. The zero-order chi connectivity index (χ0) is 13.1. The fourth-order valence-electron chi connectivity index (χ4n) is 1.92. The number of carbonyl (C=O) groups excluding carboxylic acids is 1. The van der Waals surface area contributed by atoms with Gasteiger partial charge >= 0.3 is 5.97 Å². The first kappa shape index (κ1) is 13.2. The summed E-state index contributed by atoms with van der Waals surface area (Å²) >= 11 is 1.23. The smallest absolute Gasteiger partial charge is 0.302 e. The van der Waals surface area contributed by atoms with E-state index >= 15 is 0 Å². The van der Waals surface area contributed by atoms with Crippen LogP contribution in [-0.2, 0) is 9.53 Å². The molecule has 1 aromatic rings. The summed E-state index contributed by atoms with van der Waals surface area (Å²) in [7, 11) is 0. The molecule has 0 spiro atoms. The highest BCUT2D eigenvalue weighted by Gasteiger charge is 2.24. The van der Waals surface area contributed by atoms with E-state index in [1.165, 1.54) is 23.6 Å². The van der Waals surface area contributed by atoms with E-state index in [1.54, 1.807) is 0 Å². The summed E-state index contributed by atoms with van der Waals surface area (Å²) in [6.07, 6.45) is -1.16. The van der Waals surface area contributed by atoms with Crippen LogP contribution in [0.1, 0.15) is 31.9 Å². The Labute approximate surface area is 108 Å². The molecule has 4 nitrogen and oxygen atoms in total. The van der Waals surface area contributed by atoms with E-state index in [0.717, 1.165) is 0 Å². The minimum atomic E-state index is -2.52. The van der Waals surface area contributed by atoms with Gasteiger partial charge in [-0.1, -0.05) is 0 Å². The van der Waals surface area contributed by atoms with Crippen LogP contribution < -0.4 is 4.90 Å². The molecule has 1 saturated heterocycles. The van der Waals surface area contributed by atoms with E-state index in [0.29, 0.717) is 31.1 Å². The van der Waals surface area contributed by atoms with Gasteiger partial charge in [0, 0.05) is 38.2 Å². The highest BCUT2D eigenvalue weighted by Crippen LogP contribution is 2.28. The number of aromatic nitrogens is 1. The number of nitrogens with zero attached hydrogens (tertiary/aromatic N) is 2. The molecule has 7 heteroatoms. The summed E-state index contributed by atoms with van der Waals surface area (Å²) in [5.41, 5.74) is -0.169. The van der Waals surface area contributed by atoms with Crippen LogP contribution >= 0.6 is 11.3 Å². The van der Waals surface area contributed by atoms with E-state index in [9.17, 15) is 13.6 Å². The highest BCUT2D eigenvalue weighted by molar-refractivity contribution is 7.13. The number of carbonyl (C=O) groups is 1. The van der Waals surface area contributed by atoms with Crippen molar-refractivity contribution in [2.45, 2.75) is 32.3 Å². The van der Waals surface area contributed by atoms with Gasteiger partial charge in [0.2, 0.25) is 0 Å². The van der Waals surface area contributed by atoms with Crippen LogP contribution in [0.25, 0.3) is 0 Å². The van der Waals surface area contributed by atoms with Crippen LogP contribution in [0.2, 0.25) is 0 Å². The Morgan fingerprint density at radius 2 is 2.22 bits per heavy atom. The first-order valence-electron chi connectivity index (χ1n) is 5.72. The third-order valence-electron chi connectivity index (χ3n) is 2.78. The molecular formula is C11H14F2N2O2S. The predicted octanol–water partition coefficient (Wildman–Crippen LogP) is 2.61. The summed E-state index contributed by atoms with van der Waals surface area (Å²) in [4.78, 5) is 16.7.